The summed E-state index contributed by atoms with van der Waals surface area (Å²) in [6.45, 7) is 1.51. The van der Waals surface area contributed by atoms with Gasteiger partial charge in [-0.1, -0.05) is 24.0 Å². The molecule has 0 aliphatic carbocycles. The summed E-state index contributed by atoms with van der Waals surface area (Å²) in [5.74, 6) is 5.36. The number of nitrogens with one attached hydrogen (secondary N) is 1. The lowest BCUT2D eigenvalue weighted by atomic mass is 10.1. The molecule has 0 aromatic heterocycles. The average Bonchev–Trinajstić information content (AvgIpc) is 2.69. The van der Waals surface area contributed by atoms with Crippen LogP contribution in [0.2, 0.25) is 0 Å². The van der Waals surface area contributed by atoms with Gasteiger partial charge in [0.1, 0.15) is 0 Å². The van der Waals surface area contributed by atoms with Crippen molar-refractivity contribution in [2.45, 2.75) is 6.42 Å². The Bertz CT molecular complexity index is 572. The van der Waals surface area contributed by atoms with E-state index in [9.17, 15) is 9.59 Å². The Morgan fingerprint density at radius 3 is 3.00 bits per heavy atom. The Hall–Kier alpha value is -2.32. The number of amides is 2. The van der Waals surface area contributed by atoms with Gasteiger partial charge >= 0.3 is 0 Å². The van der Waals surface area contributed by atoms with Gasteiger partial charge in [-0.15, -0.1) is 0 Å². The van der Waals surface area contributed by atoms with Crippen LogP contribution in [0.15, 0.2) is 24.3 Å². The number of benzene rings is 1. The molecule has 1 heterocycles. The van der Waals surface area contributed by atoms with Gasteiger partial charge < -0.3 is 16.0 Å². The lowest BCUT2D eigenvalue weighted by molar-refractivity contribution is -0.121. The molecule has 3 N–H and O–H groups in total. The summed E-state index contributed by atoms with van der Waals surface area (Å²) in [6, 6.07) is 7.13. The van der Waals surface area contributed by atoms with E-state index in [2.05, 4.69) is 17.2 Å². The molecule has 0 unspecified atom stereocenters. The van der Waals surface area contributed by atoms with E-state index < -0.39 is 0 Å². The highest BCUT2D eigenvalue weighted by atomic mass is 16.2. The van der Waals surface area contributed by atoms with E-state index in [4.69, 9.17) is 5.73 Å². The van der Waals surface area contributed by atoms with Crippen molar-refractivity contribution in [1.82, 2.24) is 10.2 Å². The fraction of sp³-hybridized carbons (Fsp3) is 0.333. The number of nitrogens with two attached hydrogens (primary N) is 1. The maximum Gasteiger partial charge on any atom is 0.255 e. The smallest absolute Gasteiger partial charge is 0.255 e. The first-order valence-electron chi connectivity index (χ1n) is 6.56. The molecule has 1 aromatic carbocycles. The molecular weight excluding hydrogens is 254 g/mol. The molecule has 1 fully saturated rings. The van der Waals surface area contributed by atoms with Gasteiger partial charge in [-0.3, -0.25) is 9.59 Å². The Morgan fingerprint density at radius 1 is 1.40 bits per heavy atom. The van der Waals surface area contributed by atoms with Crippen LogP contribution < -0.4 is 11.1 Å². The fourth-order valence-corrected chi connectivity index (χ4v) is 2.07. The van der Waals surface area contributed by atoms with Crippen molar-refractivity contribution in [3.05, 3.63) is 35.4 Å². The molecule has 0 radical (unpaired) electrons. The van der Waals surface area contributed by atoms with Crippen molar-refractivity contribution in [1.29, 1.82) is 0 Å². The molecule has 1 aromatic rings. The van der Waals surface area contributed by atoms with Gasteiger partial charge in [0.05, 0.1) is 18.7 Å². The zero-order valence-electron chi connectivity index (χ0n) is 11.2. The lowest BCUT2D eigenvalue weighted by Gasteiger charge is -2.19. The van der Waals surface area contributed by atoms with E-state index in [1.807, 2.05) is 6.07 Å². The number of hydrogen-bond acceptors (Lipinski definition) is 3. The molecule has 0 spiro atoms. The van der Waals surface area contributed by atoms with E-state index in [-0.39, 0.29) is 24.9 Å². The number of nitrogens with zero attached hydrogens (tertiary/aromatic N) is 1. The Balaban J connectivity index is 2.26. The van der Waals surface area contributed by atoms with Gasteiger partial charge in [0.2, 0.25) is 5.91 Å². The molecule has 20 heavy (non-hydrogen) atoms. The zero-order chi connectivity index (χ0) is 14.4. The molecular formula is C15H17N3O2. The second kappa shape index (κ2) is 6.73. The first kappa shape index (κ1) is 14.1. The van der Waals surface area contributed by atoms with Gasteiger partial charge in [0.25, 0.3) is 5.91 Å². The molecule has 2 rings (SSSR count). The van der Waals surface area contributed by atoms with Gasteiger partial charge in [-0.2, -0.15) is 0 Å². The summed E-state index contributed by atoms with van der Waals surface area (Å²) in [4.78, 5) is 25.6. The van der Waals surface area contributed by atoms with Crippen molar-refractivity contribution in [2.75, 3.05) is 26.2 Å². The van der Waals surface area contributed by atoms with Crippen molar-refractivity contribution in [3.63, 3.8) is 0 Å². The quantitative estimate of drug-likeness (QED) is 0.704. The summed E-state index contributed by atoms with van der Waals surface area (Å²) in [6.07, 6.45) is 0.758. The molecule has 5 heteroatoms. The summed E-state index contributed by atoms with van der Waals surface area (Å²) < 4.78 is 0. The third-order valence-corrected chi connectivity index (χ3v) is 3.03. The molecule has 0 bridgehead atoms. The molecule has 0 atom stereocenters. The van der Waals surface area contributed by atoms with Gasteiger partial charge in [0.15, 0.2) is 0 Å². The van der Waals surface area contributed by atoms with Crippen molar-refractivity contribution < 1.29 is 9.59 Å². The van der Waals surface area contributed by atoms with E-state index in [0.29, 0.717) is 24.2 Å². The van der Waals surface area contributed by atoms with Crippen LogP contribution >= 0.6 is 0 Å². The maximum atomic E-state index is 12.5. The van der Waals surface area contributed by atoms with Crippen LogP contribution in [0.4, 0.5) is 0 Å². The van der Waals surface area contributed by atoms with E-state index in [1.165, 1.54) is 0 Å². The lowest BCUT2D eigenvalue weighted by Crippen LogP contribution is -2.37. The molecule has 1 aliphatic heterocycles. The highest BCUT2D eigenvalue weighted by Gasteiger charge is 2.22. The predicted octanol–water partition coefficient (Wildman–Crippen LogP) is -0.0411. The third-order valence-electron chi connectivity index (χ3n) is 3.03. The molecule has 2 amide bonds. The minimum Gasteiger partial charge on any atom is -0.354 e. The fourth-order valence-electron chi connectivity index (χ4n) is 2.07. The third kappa shape index (κ3) is 3.37. The number of rotatable bonds is 1. The van der Waals surface area contributed by atoms with Crippen molar-refractivity contribution in [3.8, 4) is 11.8 Å². The largest absolute Gasteiger partial charge is 0.354 e. The SMILES string of the molecule is NCC#Cc1ccccc1C(=O)N1CCCNC(=O)C1. The van der Waals surface area contributed by atoms with Crippen LogP contribution in [0, 0.1) is 11.8 Å². The molecule has 0 saturated carbocycles. The van der Waals surface area contributed by atoms with Gasteiger partial charge in [-0.05, 0) is 18.6 Å². The average molecular weight is 271 g/mol. The van der Waals surface area contributed by atoms with E-state index >= 15 is 0 Å². The Kier molecular flexibility index (Phi) is 4.75. The summed E-state index contributed by atoms with van der Waals surface area (Å²) in [5, 5.41) is 2.75. The minimum absolute atomic E-state index is 0.0947. The minimum atomic E-state index is -0.163. The highest BCUT2D eigenvalue weighted by molar-refractivity contribution is 5.98. The van der Waals surface area contributed by atoms with Crippen LogP contribution in [0.1, 0.15) is 22.3 Å². The van der Waals surface area contributed by atoms with Gasteiger partial charge in [0, 0.05) is 18.7 Å². The first-order valence-corrected chi connectivity index (χ1v) is 6.56. The zero-order valence-corrected chi connectivity index (χ0v) is 11.2. The van der Waals surface area contributed by atoms with E-state index in [0.717, 1.165) is 6.42 Å². The second-order valence-corrected chi connectivity index (χ2v) is 4.48. The predicted molar refractivity (Wildman–Crippen MR) is 75.9 cm³/mol. The van der Waals surface area contributed by atoms with Crippen molar-refractivity contribution >= 4 is 11.8 Å². The van der Waals surface area contributed by atoms with Crippen molar-refractivity contribution in [2.24, 2.45) is 5.73 Å². The summed E-state index contributed by atoms with van der Waals surface area (Å²) >= 11 is 0. The maximum absolute atomic E-state index is 12.5. The van der Waals surface area contributed by atoms with Gasteiger partial charge in [-0.25, -0.2) is 0 Å². The monoisotopic (exact) mass is 271 g/mol. The number of carbonyl (C=O) groups excluding carboxylic acids is 2. The summed E-state index contributed by atoms with van der Waals surface area (Å²) in [5.41, 5.74) is 6.53. The first-order chi connectivity index (χ1) is 9.72. The number of hydrogen-bond donors (Lipinski definition) is 2. The molecule has 104 valence electrons. The highest BCUT2D eigenvalue weighted by Crippen LogP contribution is 2.12. The Morgan fingerprint density at radius 2 is 2.20 bits per heavy atom. The Labute approximate surface area is 118 Å². The number of carbonyl (C=O) groups is 2. The molecule has 1 saturated heterocycles. The van der Waals surface area contributed by atoms with E-state index in [1.54, 1.807) is 23.1 Å². The normalized spacial score (nSPS) is 14.8. The van der Waals surface area contributed by atoms with Crippen LogP contribution in [0.25, 0.3) is 0 Å². The molecule has 1 aliphatic rings. The van der Waals surface area contributed by atoms with Crippen LogP contribution in [0.3, 0.4) is 0 Å². The summed E-state index contributed by atoms with van der Waals surface area (Å²) in [7, 11) is 0. The standard InChI is InChI=1S/C15H17N3O2/c16-8-3-6-12-5-1-2-7-13(12)15(20)18-10-4-9-17-14(19)11-18/h1-2,5,7H,4,8-11,16H2,(H,17,19). The van der Waals surface area contributed by atoms with Crippen LogP contribution in [-0.2, 0) is 4.79 Å². The topological polar surface area (TPSA) is 75.4 Å². The van der Waals surface area contributed by atoms with Crippen LogP contribution in [0.5, 0.6) is 0 Å². The second-order valence-electron chi connectivity index (χ2n) is 4.48. The van der Waals surface area contributed by atoms with Crippen LogP contribution in [-0.4, -0.2) is 42.9 Å². The molecule has 5 nitrogen and oxygen atoms in total.